The first-order chi connectivity index (χ1) is 30.0. The SMILES string of the molecule is CC1COC(Cn2cncn2)(c2ccc(Oc3ccc(Cl)cc3)cc2Cl)O1.N#Cc1ccc(C/C(=N\NC(=O)Nc2ccc(OC(F)(F)F)cc2)c2ccc(C(F)(F)F)cc2)cc1. The van der Waals surface area contributed by atoms with Gasteiger partial charge >= 0.3 is 18.6 Å². The minimum absolute atomic E-state index is 0.0606. The third-order valence-electron chi connectivity index (χ3n) is 8.82. The molecule has 1 fully saturated rings. The maximum atomic E-state index is 12.9. The number of carbonyl (C=O) groups is 1. The molecule has 20 heteroatoms. The third kappa shape index (κ3) is 13.2. The van der Waals surface area contributed by atoms with Crippen LogP contribution in [-0.4, -0.2) is 45.6 Å². The Morgan fingerprint density at radius 2 is 1.59 bits per heavy atom. The zero-order valence-electron chi connectivity index (χ0n) is 32.6. The van der Waals surface area contributed by atoms with Crippen molar-refractivity contribution in [2.24, 2.45) is 5.10 Å². The summed E-state index contributed by atoms with van der Waals surface area (Å²) in [6.45, 7) is 2.76. The Hall–Kier alpha value is -6.65. The molecule has 0 bridgehead atoms. The second-order valence-electron chi connectivity index (χ2n) is 13.5. The molecule has 326 valence electrons. The van der Waals surface area contributed by atoms with Gasteiger partial charge in [0.2, 0.25) is 5.79 Å². The lowest BCUT2D eigenvalue weighted by atomic mass is 10.0. The smallest absolute Gasteiger partial charge is 0.457 e. The largest absolute Gasteiger partial charge is 0.573 e. The minimum Gasteiger partial charge on any atom is -0.457 e. The van der Waals surface area contributed by atoms with Gasteiger partial charge in [0.1, 0.15) is 36.4 Å². The van der Waals surface area contributed by atoms with E-state index < -0.39 is 35.7 Å². The summed E-state index contributed by atoms with van der Waals surface area (Å²) in [5.74, 6) is -0.225. The number of aromatic nitrogens is 3. The topological polar surface area (TPSA) is 145 Å². The number of amides is 2. The van der Waals surface area contributed by atoms with Crippen LogP contribution in [0, 0.1) is 11.3 Å². The number of nitrogens with one attached hydrogen (secondary N) is 2. The molecular weight excluding hydrogens is 879 g/mol. The van der Waals surface area contributed by atoms with Gasteiger partial charge in [-0.1, -0.05) is 47.5 Å². The normalized spacial score (nSPS) is 16.3. The van der Waals surface area contributed by atoms with E-state index in [1.54, 1.807) is 65.6 Å². The number of carbonyl (C=O) groups excluding carboxylic acids is 1. The first-order valence-corrected chi connectivity index (χ1v) is 19.3. The summed E-state index contributed by atoms with van der Waals surface area (Å²) in [6, 6.07) is 28.6. The first kappa shape index (κ1) is 45.9. The summed E-state index contributed by atoms with van der Waals surface area (Å²) >= 11 is 12.5. The van der Waals surface area contributed by atoms with Crippen molar-refractivity contribution in [3.63, 3.8) is 0 Å². The van der Waals surface area contributed by atoms with Crippen LogP contribution in [0.5, 0.6) is 17.2 Å². The predicted molar refractivity (Wildman–Crippen MR) is 219 cm³/mol. The van der Waals surface area contributed by atoms with E-state index in [-0.39, 0.29) is 23.9 Å². The Balaban J connectivity index is 0.000000218. The Morgan fingerprint density at radius 3 is 2.16 bits per heavy atom. The fourth-order valence-electron chi connectivity index (χ4n) is 5.95. The highest BCUT2D eigenvalue weighted by atomic mass is 35.5. The highest BCUT2D eigenvalue weighted by Crippen LogP contribution is 2.41. The molecule has 1 saturated heterocycles. The molecule has 0 aliphatic carbocycles. The zero-order valence-corrected chi connectivity index (χ0v) is 34.1. The van der Waals surface area contributed by atoms with Gasteiger partial charge in [0.05, 0.1) is 40.6 Å². The molecule has 12 nitrogen and oxygen atoms in total. The highest BCUT2D eigenvalue weighted by Gasteiger charge is 2.44. The molecule has 63 heavy (non-hydrogen) atoms. The van der Waals surface area contributed by atoms with E-state index in [0.29, 0.717) is 56.9 Å². The van der Waals surface area contributed by atoms with Gasteiger partial charge in [-0.05, 0) is 109 Å². The van der Waals surface area contributed by atoms with Crippen molar-refractivity contribution >= 4 is 40.6 Å². The summed E-state index contributed by atoms with van der Waals surface area (Å²) in [5, 5.41) is 20.6. The van der Waals surface area contributed by atoms with Gasteiger partial charge < -0.3 is 24.3 Å². The van der Waals surface area contributed by atoms with Crippen molar-refractivity contribution in [2.75, 3.05) is 11.9 Å². The lowest BCUT2D eigenvalue weighted by molar-refractivity contribution is -0.274. The van der Waals surface area contributed by atoms with Crippen molar-refractivity contribution < 1.29 is 50.1 Å². The van der Waals surface area contributed by atoms with Crippen molar-refractivity contribution in [1.29, 1.82) is 5.26 Å². The van der Waals surface area contributed by atoms with Gasteiger partial charge in [-0.2, -0.15) is 28.6 Å². The van der Waals surface area contributed by atoms with E-state index >= 15 is 0 Å². The number of ether oxygens (including phenoxy) is 4. The molecule has 2 amide bonds. The Kier molecular flexibility index (Phi) is 14.6. The molecule has 2 atom stereocenters. The van der Waals surface area contributed by atoms with Crippen LogP contribution in [0.15, 0.2) is 133 Å². The lowest BCUT2D eigenvalue weighted by Gasteiger charge is -2.29. The number of hydrogen-bond donors (Lipinski definition) is 2. The minimum atomic E-state index is -4.86. The van der Waals surface area contributed by atoms with Crippen LogP contribution in [0.3, 0.4) is 0 Å². The van der Waals surface area contributed by atoms with Crippen LogP contribution in [0.2, 0.25) is 10.0 Å². The molecule has 1 aliphatic heterocycles. The summed E-state index contributed by atoms with van der Waals surface area (Å²) in [6.07, 6.45) is -6.25. The van der Waals surface area contributed by atoms with E-state index in [1.807, 2.05) is 25.1 Å². The van der Waals surface area contributed by atoms with Gasteiger partial charge in [-0.3, -0.25) is 0 Å². The van der Waals surface area contributed by atoms with E-state index in [9.17, 15) is 31.1 Å². The molecule has 0 radical (unpaired) electrons. The fraction of sp³-hybridized carbons (Fsp3) is 0.186. The summed E-state index contributed by atoms with van der Waals surface area (Å²) in [5.41, 5.74) is 3.84. The second-order valence-corrected chi connectivity index (χ2v) is 14.4. The van der Waals surface area contributed by atoms with Crippen LogP contribution in [0.4, 0.5) is 36.8 Å². The molecule has 2 N–H and O–H groups in total. The summed E-state index contributed by atoms with van der Waals surface area (Å²) in [4.78, 5) is 16.2. The van der Waals surface area contributed by atoms with Crippen molar-refractivity contribution in [2.45, 2.75) is 44.3 Å². The van der Waals surface area contributed by atoms with E-state index in [1.165, 1.54) is 30.6 Å². The maximum absolute atomic E-state index is 12.9. The number of nitrogens with zero attached hydrogens (tertiary/aromatic N) is 5. The Bertz CT molecular complexity index is 2540. The molecule has 1 aromatic heterocycles. The van der Waals surface area contributed by atoms with Crippen LogP contribution < -0.4 is 20.2 Å². The fourth-order valence-corrected chi connectivity index (χ4v) is 6.39. The number of rotatable bonds is 11. The molecule has 7 rings (SSSR count). The number of nitriles is 1. The van der Waals surface area contributed by atoms with E-state index in [4.69, 9.17) is 42.7 Å². The second kappa shape index (κ2) is 20.0. The van der Waals surface area contributed by atoms with E-state index in [0.717, 1.165) is 24.3 Å². The highest BCUT2D eigenvalue weighted by molar-refractivity contribution is 6.31. The first-order valence-electron chi connectivity index (χ1n) is 18.5. The molecule has 2 unspecified atom stereocenters. The molecule has 0 spiro atoms. The Morgan fingerprint density at radius 1 is 0.921 bits per heavy atom. The summed E-state index contributed by atoms with van der Waals surface area (Å²) in [7, 11) is 0. The zero-order chi connectivity index (χ0) is 45.2. The number of alkyl halides is 6. The van der Waals surface area contributed by atoms with Gasteiger partial charge in [0, 0.05) is 22.7 Å². The molecule has 5 aromatic carbocycles. The number of hydrazone groups is 1. The van der Waals surface area contributed by atoms with Gasteiger partial charge in [0.25, 0.3) is 0 Å². The monoisotopic (exact) mass is 911 g/mol. The van der Waals surface area contributed by atoms with Gasteiger partial charge in [-0.25, -0.2) is 19.9 Å². The maximum Gasteiger partial charge on any atom is 0.573 e. The predicted octanol–water partition coefficient (Wildman–Crippen LogP) is 10.9. The molecule has 0 saturated carbocycles. The molecule has 1 aliphatic rings. The van der Waals surface area contributed by atoms with Gasteiger partial charge in [-0.15, -0.1) is 13.2 Å². The third-order valence-corrected chi connectivity index (χ3v) is 9.38. The van der Waals surface area contributed by atoms with Crippen LogP contribution in [-0.2, 0) is 34.4 Å². The van der Waals surface area contributed by atoms with E-state index in [2.05, 4.69) is 30.7 Å². The van der Waals surface area contributed by atoms with Crippen LogP contribution in [0.1, 0.15) is 34.7 Å². The average Bonchev–Trinajstić information content (AvgIpc) is 3.90. The number of anilines is 1. The summed E-state index contributed by atoms with van der Waals surface area (Å²) < 4.78 is 98.9. The molecule has 2 heterocycles. The number of benzene rings is 5. The van der Waals surface area contributed by atoms with Gasteiger partial charge in [0.15, 0.2) is 0 Å². The van der Waals surface area contributed by atoms with Crippen LogP contribution in [0.25, 0.3) is 0 Å². The van der Waals surface area contributed by atoms with Crippen molar-refractivity contribution in [1.82, 2.24) is 20.2 Å². The van der Waals surface area contributed by atoms with Crippen molar-refractivity contribution in [3.8, 4) is 23.3 Å². The standard InChI is InChI=1S/C24H16F6N4O2.C19H17Cl2N3O3/c25-23(26,27)18-7-5-17(6-8-18)21(13-15-1-3-16(14-31)4-2-15)33-34-22(35)32-19-9-11-20(12-10-19)36-24(28,29)30;1-13-9-25-19(27-13,10-24-12-22-11-23-24)17-7-6-16(8-18(17)21)26-15-4-2-14(20)3-5-15/h1-12H,13H2,(H2,32,34,35);2-8,11-13H,9-10H2,1H3/b33-21+;. The number of urea groups is 1. The van der Waals surface area contributed by atoms with Crippen molar-refractivity contribution in [3.05, 3.63) is 166 Å². The number of hydrogen-bond acceptors (Lipinski definition) is 9. The molecule has 6 aromatic rings. The van der Waals surface area contributed by atoms with Crippen LogP contribution >= 0.6 is 23.2 Å². The molecular formula is C43H33Cl2F6N7O5. The lowest BCUT2D eigenvalue weighted by Crippen LogP contribution is -2.34. The quantitative estimate of drug-likeness (QED) is 0.0742. The Labute approximate surface area is 365 Å². The number of halogens is 8. The average molecular weight is 913 g/mol.